The van der Waals surface area contributed by atoms with Gasteiger partial charge in [0.15, 0.2) is 9.47 Å². The molecule has 1 N–H and O–H groups in total. The molecule has 3 heterocycles. The molecule has 6 nitrogen and oxygen atoms in total. The van der Waals surface area contributed by atoms with E-state index in [4.69, 9.17) is 0 Å². The fourth-order valence-corrected chi connectivity index (χ4v) is 5.37. The number of para-hydroxylation sites is 2. The first-order chi connectivity index (χ1) is 13.2. The number of benzene rings is 2. The van der Waals surface area contributed by atoms with Crippen LogP contribution in [0.15, 0.2) is 46.9 Å². The number of carbonyl (C=O) groups excluding carboxylic acids is 1. The van der Waals surface area contributed by atoms with Gasteiger partial charge in [-0.25, -0.2) is 15.0 Å². The second-order valence-electron chi connectivity index (χ2n) is 5.66. The van der Waals surface area contributed by atoms with Crippen molar-refractivity contribution >= 4 is 76.9 Å². The molecule has 0 spiro atoms. The molecule has 0 fully saturated rings. The van der Waals surface area contributed by atoms with Gasteiger partial charge in [0, 0.05) is 0 Å². The average molecular weight is 410 g/mol. The van der Waals surface area contributed by atoms with E-state index >= 15 is 0 Å². The normalized spacial score (nSPS) is 11.4. The summed E-state index contributed by atoms with van der Waals surface area (Å²) in [5.41, 5.74) is 3.51. The summed E-state index contributed by atoms with van der Waals surface area (Å²) in [6, 6.07) is 11.4. The predicted molar refractivity (Wildman–Crippen MR) is 112 cm³/mol. The van der Waals surface area contributed by atoms with E-state index in [0.717, 1.165) is 30.3 Å². The van der Waals surface area contributed by atoms with Gasteiger partial charge in [0.05, 0.1) is 37.7 Å². The second-order valence-corrected chi connectivity index (χ2v) is 8.71. The lowest BCUT2D eigenvalue weighted by Crippen LogP contribution is -2.13. The molecule has 0 atom stereocenters. The Balaban J connectivity index is 1.50. The van der Waals surface area contributed by atoms with Gasteiger partial charge in [-0.1, -0.05) is 35.2 Å². The molecule has 0 bridgehead atoms. The zero-order chi connectivity index (χ0) is 18.4. The Morgan fingerprint density at radius 1 is 0.926 bits per heavy atom. The molecule has 9 heteroatoms. The van der Waals surface area contributed by atoms with Gasteiger partial charge in [0.25, 0.3) is 5.91 Å². The highest BCUT2D eigenvalue weighted by molar-refractivity contribution is 8.00. The maximum atomic E-state index is 12.6. The Hall–Kier alpha value is -2.62. The number of thioether (sulfide) groups is 1. The van der Waals surface area contributed by atoms with Gasteiger partial charge in [0.1, 0.15) is 5.69 Å². The number of aromatic nitrogens is 4. The molecule has 0 aliphatic heterocycles. The van der Waals surface area contributed by atoms with Crippen LogP contribution in [0.2, 0.25) is 0 Å². The highest BCUT2D eigenvalue weighted by Gasteiger charge is 2.15. The number of nitrogens with one attached hydrogen (secondary N) is 1. The number of amides is 1. The van der Waals surface area contributed by atoms with E-state index < -0.39 is 0 Å². The smallest absolute Gasteiger partial charge is 0.277 e. The number of hydrogen-bond acceptors (Lipinski definition) is 8. The molecule has 0 aliphatic carbocycles. The summed E-state index contributed by atoms with van der Waals surface area (Å²) in [7, 11) is 0. The van der Waals surface area contributed by atoms with Crippen LogP contribution in [0.4, 0.5) is 5.13 Å². The number of rotatable bonds is 3. The van der Waals surface area contributed by atoms with E-state index in [-0.39, 0.29) is 11.6 Å². The Morgan fingerprint density at radius 3 is 2.48 bits per heavy atom. The Morgan fingerprint density at radius 2 is 1.67 bits per heavy atom. The first-order valence-electron chi connectivity index (χ1n) is 7.98. The van der Waals surface area contributed by atoms with Gasteiger partial charge < -0.3 is 0 Å². The van der Waals surface area contributed by atoms with E-state index in [0.29, 0.717) is 10.6 Å². The van der Waals surface area contributed by atoms with Crippen LogP contribution in [0.5, 0.6) is 0 Å². The van der Waals surface area contributed by atoms with Crippen LogP contribution >= 0.6 is 34.4 Å². The average Bonchev–Trinajstić information content (AvgIpc) is 3.30. The molecule has 132 valence electrons. The van der Waals surface area contributed by atoms with Crippen LogP contribution in [-0.4, -0.2) is 32.1 Å². The molecular weight excluding hydrogens is 398 g/mol. The third-order valence-electron chi connectivity index (χ3n) is 3.97. The summed E-state index contributed by atoms with van der Waals surface area (Å²) in [4.78, 5) is 30.4. The van der Waals surface area contributed by atoms with Crippen molar-refractivity contribution in [2.75, 3.05) is 11.6 Å². The zero-order valence-corrected chi connectivity index (χ0v) is 16.4. The number of anilines is 1. The van der Waals surface area contributed by atoms with Crippen molar-refractivity contribution in [2.24, 2.45) is 0 Å². The van der Waals surface area contributed by atoms with Crippen LogP contribution in [0.25, 0.3) is 31.5 Å². The molecule has 0 aliphatic rings. The number of hydrogen-bond donors (Lipinski definition) is 1. The van der Waals surface area contributed by atoms with Gasteiger partial charge in [-0.15, -0.1) is 11.3 Å². The minimum absolute atomic E-state index is 0.264. The first-order valence-corrected chi connectivity index (χ1v) is 10.8. The monoisotopic (exact) mass is 409 g/mol. The predicted octanol–water partition coefficient (Wildman–Crippen LogP) is 4.82. The molecule has 2 aromatic carbocycles. The molecule has 5 rings (SSSR count). The Bertz CT molecular complexity index is 1330. The van der Waals surface area contributed by atoms with Crippen LogP contribution in [0.1, 0.15) is 10.5 Å². The molecule has 27 heavy (non-hydrogen) atoms. The van der Waals surface area contributed by atoms with Gasteiger partial charge >= 0.3 is 0 Å². The minimum atomic E-state index is -0.322. The third kappa shape index (κ3) is 2.93. The minimum Gasteiger partial charge on any atom is -0.296 e. The molecule has 1 amide bonds. The van der Waals surface area contributed by atoms with E-state index in [1.807, 2.05) is 42.7 Å². The van der Waals surface area contributed by atoms with E-state index in [1.165, 1.54) is 17.5 Å². The summed E-state index contributed by atoms with van der Waals surface area (Å²) < 4.78 is 3.15. The lowest BCUT2D eigenvalue weighted by Gasteiger charge is -2.02. The quantitative estimate of drug-likeness (QED) is 0.430. The van der Waals surface area contributed by atoms with Crippen molar-refractivity contribution in [2.45, 2.75) is 4.34 Å². The molecule has 0 saturated heterocycles. The Kier molecular flexibility index (Phi) is 4.00. The van der Waals surface area contributed by atoms with Crippen LogP contribution in [-0.2, 0) is 0 Å². The fraction of sp³-hybridized carbons (Fsp3) is 0.0556. The lowest BCUT2D eigenvalue weighted by molar-refractivity contribution is 0.102. The lowest BCUT2D eigenvalue weighted by atomic mass is 10.3. The number of nitrogens with zero attached hydrogens (tertiary/aromatic N) is 4. The molecule has 5 aromatic rings. The van der Waals surface area contributed by atoms with Crippen molar-refractivity contribution in [3.8, 4) is 0 Å². The zero-order valence-electron chi connectivity index (χ0n) is 14.0. The van der Waals surface area contributed by atoms with E-state index in [2.05, 4.69) is 25.3 Å². The first kappa shape index (κ1) is 16.5. The van der Waals surface area contributed by atoms with Crippen molar-refractivity contribution < 1.29 is 4.79 Å². The summed E-state index contributed by atoms with van der Waals surface area (Å²) in [6.45, 7) is 0. The van der Waals surface area contributed by atoms with Gasteiger partial charge in [0.2, 0.25) is 0 Å². The summed E-state index contributed by atoms with van der Waals surface area (Å²) in [6.07, 6.45) is 3.50. The maximum Gasteiger partial charge on any atom is 0.277 e. The van der Waals surface area contributed by atoms with Gasteiger partial charge in [-0.2, -0.15) is 0 Å². The standard InChI is InChI=1S/C18H11N5OS3/c1-25-18-22-12-7-6-11-14(15(12)27-18)26-17(21-11)23-16(24)13-8-19-9-4-2-3-5-10(9)20-13/h2-8H,1H3,(H,21,23,24). The topological polar surface area (TPSA) is 80.7 Å². The van der Waals surface area contributed by atoms with Crippen LogP contribution < -0.4 is 5.32 Å². The molecule has 3 aromatic heterocycles. The number of fused-ring (bicyclic) bond motifs is 4. The fourth-order valence-electron chi connectivity index (χ4n) is 2.72. The maximum absolute atomic E-state index is 12.6. The molecule has 0 saturated carbocycles. The van der Waals surface area contributed by atoms with E-state index in [1.54, 1.807) is 23.1 Å². The van der Waals surface area contributed by atoms with Crippen molar-refractivity contribution in [3.63, 3.8) is 0 Å². The molecular formula is C18H11N5OS3. The third-order valence-corrected chi connectivity index (χ3v) is 7.18. The SMILES string of the molecule is CSc1nc2ccc3nc(NC(=O)c4cnc5ccccc5n4)sc3c2s1. The highest BCUT2D eigenvalue weighted by Crippen LogP contribution is 2.38. The second kappa shape index (κ2) is 6.52. The van der Waals surface area contributed by atoms with Gasteiger partial charge in [-0.05, 0) is 30.5 Å². The van der Waals surface area contributed by atoms with Gasteiger partial charge in [-0.3, -0.25) is 15.1 Å². The van der Waals surface area contributed by atoms with Crippen molar-refractivity contribution in [1.82, 2.24) is 19.9 Å². The number of carbonyl (C=O) groups is 1. The molecule has 0 radical (unpaired) electrons. The highest BCUT2D eigenvalue weighted by atomic mass is 32.2. The summed E-state index contributed by atoms with van der Waals surface area (Å²) in [5.74, 6) is -0.322. The van der Waals surface area contributed by atoms with E-state index in [9.17, 15) is 4.79 Å². The molecule has 0 unspecified atom stereocenters. The largest absolute Gasteiger partial charge is 0.296 e. The number of thiazole rings is 2. The van der Waals surface area contributed by atoms with Crippen molar-refractivity contribution in [3.05, 3.63) is 48.3 Å². The van der Waals surface area contributed by atoms with Crippen molar-refractivity contribution in [1.29, 1.82) is 0 Å². The Labute approximate surface area is 165 Å². The summed E-state index contributed by atoms with van der Waals surface area (Å²) >= 11 is 4.72. The summed E-state index contributed by atoms with van der Waals surface area (Å²) in [5, 5.41) is 3.38. The van der Waals surface area contributed by atoms with Crippen LogP contribution in [0, 0.1) is 0 Å². The van der Waals surface area contributed by atoms with Crippen LogP contribution in [0.3, 0.4) is 0 Å².